The van der Waals surface area contributed by atoms with Crippen LogP contribution in [-0.2, 0) is 9.84 Å². The van der Waals surface area contributed by atoms with Crippen molar-refractivity contribution < 1.29 is 18.1 Å². The minimum atomic E-state index is -3.15. The summed E-state index contributed by atoms with van der Waals surface area (Å²) in [6.45, 7) is 1.51. The predicted molar refractivity (Wildman–Crippen MR) is 82.5 cm³/mol. The Morgan fingerprint density at radius 3 is 2.65 bits per heavy atom. The SMILES string of the molecule is CCS(=O)(=O)CCNC(=O)c1cc([N+](=O)[O-])ccc1I. The number of nitro groups is 1. The number of carbonyl (C=O) groups is 1. The molecule has 1 N–H and O–H groups in total. The normalized spacial score (nSPS) is 11.1. The zero-order valence-electron chi connectivity index (χ0n) is 10.6. The molecule has 0 bridgehead atoms. The third kappa shape index (κ3) is 4.71. The minimum Gasteiger partial charge on any atom is -0.351 e. The highest BCUT2D eigenvalue weighted by Crippen LogP contribution is 2.19. The second-order valence-electron chi connectivity index (χ2n) is 3.91. The molecule has 20 heavy (non-hydrogen) atoms. The number of nitro benzene ring substituents is 1. The van der Waals surface area contributed by atoms with Gasteiger partial charge < -0.3 is 5.32 Å². The second kappa shape index (κ2) is 6.97. The predicted octanol–water partition coefficient (Wildman–Crippen LogP) is 1.36. The number of hydrogen-bond acceptors (Lipinski definition) is 5. The molecule has 1 aromatic rings. The Labute approximate surface area is 130 Å². The Bertz CT molecular complexity index is 630. The molecule has 0 fully saturated rings. The van der Waals surface area contributed by atoms with Gasteiger partial charge in [0.2, 0.25) is 0 Å². The zero-order chi connectivity index (χ0) is 15.3. The van der Waals surface area contributed by atoms with Gasteiger partial charge in [-0.3, -0.25) is 14.9 Å². The molecule has 9 heteroatoms. The molecule has 0 aromatic heterocycles. The molecule has 0 aliphatic heterocycles. The second-order valence-corrected chi connectivity index (χ2v) is 7.55. The Hall–Kier alpha value is -1.23. The van der Waals surface area contributed by atoms with E-state index in [1.807, 2.05) is 22.6 Å². The first kappa shape index (κ1) is 16.8. The lowest BCUT2D eigenvalue weighted by atomic mass is 10.2. The molecule has 0 aliphatic carbocycles. The van der Waals surface area contributed by atoms with Crippen LogP contribution in [0.4, 0.5) is 5.69 Å². The summed E-state index contributed by atoms with van der Waals surface area (Å²) in [6, 6.07) is 3.95. The van der Waals surface area contributed by atoms with Crippen molar-refractivity contribution in [2.45, 2.75) is 6.92 Å². The lowest BCUT2D eigenvalue weighted by molar-refractivity contribution is -0.384. The number of amides is 1. The summed E-state index contributed by atoms with van der Waals surface area (Å²) in [5.74, 6) is -0.665. The monoisotopic (exact) mass is 412 g/mol. The first-order chi connectivity index (χ1) is 9.26. The number of carbonyl (C=O) groups excluding carboxylic acids is 1. The van der Waals surface area contributed by atoms with E-state index in [-0.39, 0.29) is 29.3 Å². The summed E-state index contributed by atoms with van der Waals surface area (Å²) in [7, 11) is -3.15. The summed E-state index contributed by atoms with van der Waals surface area (Å²) in [5, 5.41) is 13.1. The zero-order valence-corrected chi connectivity index (χ0v) is 13.6. The van der Waals surface area contributed by atoms with Crippen LogP contribution < -0.4 is 5.32 Å². The topological polar surface area (TPSA) is 106 Å². The molecule has 0 saturated heterocycles. The average molecular weight is 412 g/mol. The Kier molecular flexibility index (Phi) is 5.87. The molecular formula is C11H13IN2O5S. The molecule has 0 saturated carbocycles. The third-order valence-corrected chi connectivity index (χ3v) is 5.19. The highest BCUT2D eigenvalue weighted by molar-refractivity contribution is 14.1. The van der Waals surface area contributed by atoms with Gasteiger partial charge in [-0.05, 0) is 28.7 Å². The number of benzene rings is 1. The van der Waals surface area contributed by atoms with Crippen molar-refractivity contribution in [2.75, 3.05) is 18.1 Å². The van der Waals surface area contributed by atoms with Gasteiger partial charge in [-0.1, -0.05) is 6.92 Å². The maximum atomic E-state index is 11.9. The van der Waals surface area contributed by atoms with Gasteiger partial charge in [0.1, 0.15) is 0 Å². The molecule has 0 heterocycles. The van der Waals surface area contributed by atoms with Crippen LogP contribution in [0, 0.1) is 13.7 Å². The number of sulfone groups is 1. The van der Waals surface area contributed by atoms with E-state index >= 15 is 0 Å². The van der Waals surface area contributed by atoms with Gasteiger partial charge in [0, 0.05) is 28.0 Å². The maximum absolute atomic E-state index is 11.9. The van der Waals surface area contributed by atoms with E-state index in [2.05, 4.69) is 5.32 Å². The molecule has 0 aliphatic rings. The summed E-state index contributed by atoms with van der Waals surface area (Å²) in [6.07, 6.45) is 0. The van der Waals surface area contributed by atoms with E-state index in [0.717, 1.165) is 0 Å². The van der Waals surface area contributed by atoms with Gasteiger partial charge in [-0.15, -0.1) is 0 Å². The van der Waals surface area contributed by atoms with E-state index < -0.39 is 20.7 Å². The minimum absolute atomic E-state index is 0.0111. The smallest absolute Gasteiger partial charge is 0.270 e. The number of hydrogen-bond donors (Lipinski definition) is 1. The van der Waals surface area contributed by atoms with Gasteiger partial charge >= 0.3 is 0 Å². The lowest BCUT2D eigenvalue weighted by Crippen LogP contribution is -2.30. The molecule has 7 nitrogen and oxygen atoms in total. The number of nitrogens with zero attached hydrogens (tertiary/aromatic N) is 1. The first-order valence-electron chi connectivity index (χ1n) is 5.69. The molecule has 0 spiro atoms. The van der Waals surface area contributed by atoms with Crippen molar-refractivity contribution in [1.82, 2.24) is 5.32 Å². The number of nitrogens with one attached hydrogen (secondary N) is 1. The van der Waals surface area contributed by atoms with E-state index in [1.54, 1.807) is 0 Å². The van der Waals surface area contributed by atoms with Crippen LogP contribution in [0.5, 0.6) is 0 Å². The van der Waals surface area contributed by atoms with Crippen molar-refractivity contribution in [2.24, 2.45) is 0 Å². The fourth-order valence-corrected chi connectivity index (χ4v) is 2.64. The standard InChI is InChI=1S/C11H13IN2O5S/c1-2-20(18,19)6-5-13-11(15)9-7-8(14(16)17)3-4-10(9)12/h3-4,7H,2,5-6H2,1H3,(H,13,15). The molecular weight excluding hydrogens is 399 g/mol. The summed E-state index contributed by atoms with van der Waals surface area (Å²) in [5.41, 5.74) is -0.0227. The lowest BCUT2D eigenvalue weighted by Gasteiger charge is -2.07. The molecule has 0 unspecified atom stereocenters. The van der Waals surface area contributed by atoms with Crippen molar-refractivity contribution >= 4 is 44.0 Å². The number of non-ortho nitro benzene ring substituents is 1. The molecule has 1 aromatic carbocycles. The van der Waals surface area contributed by atoms with Gasteiger partial charge in [0.15, 0.2) is 9.84 Å². The number of rotatable bonds is 6. The van der Waals surface area contributed by atoms with Gasteiger partial charge in [-0.25, -0.2) is 8.42 Å². The Balaban J connectivity index is 2.78. The van der Waals surface area contributed by atoms with Gasteiger partial charge in [-0.2, -0.15) is 0 Å². The van der Waals surface area contributed by atoms with Crippen molar-refractivity contribution in [3.63, 3.8) is 0 Å². The molecule has 1 amide bonds. The Morgan fingerprint density at radius 2 is 2.10 bits per heavy atom. The van der Waals surface area contributed by atoms with Crippen LogP contribution in [0.2, 0.25) is 0 Å². The summed E-state index contributed by atoms with van der Waals surface area (Å²) in [4.78, 5) is 22.0. The largest absolute Gasteiger partial charge is 0.351 e. The Morgan fingerprint density at radius 1 is 1.45 bits per heavy atom. The van der Waals surface area contributed by atoms with E-state index in [0.29, 0.717) is 3.57 Å². The van der Waals surface area contributed by atoms with Crippen LogP contribution in [0.3, 0.4) is 0 Å². The van der Waals surface area contributed by atoms with Gasteiger partial charge in [0.25, 0.3) is 11.6 Å². The summed E-state index contributed by atoms with van der Waals surface area (Å²) < 4.78 is 23.1. The van der Waals surface area contributed by atoms with E-state index in [4.69, 9.17) is 0 Å². The quantitative estimate of drug-likeness (QED) is 0.432. The average Bonchev–Trinajstić information content (AvgIpc) is 2.38. The third-order valence-electron chi connectivity index (χ3n) is 2.54. The molecule has 0 radical (unpaired) electrons. The van der Waals surface area contributed by atoms with Crippen LogP contribution in [0.25, 0.3) is 0 Å². The van der Waals surface area contributed by atoms with E-state index in [1.165, 1.54) is 25.1 Å². The fourth-order valence-electron chi connectivity index (χ4n) is 1.36. The number of halogens is 1. The van der Waals surface area contributed by atoms with E-state index in [9.17, 15) is 23.3 Å². The van der Waals surface area contributed by atoms with Crippen molar-refractivity contribution in [3.05, 3.63) is 37.4 Å². The van der Waals surface area contributed by atoms with Crippen LogP contribution in [0.15, 0.2) is 18.2 Å². The molecule has 110 valence electrons. The van der Waals surface area contributed by atoms with Crippen molar-refractivity contribution in [3.8, 4) is 0 Å². The van der Waals surface area contributed by atoms with Crippen LogP contribution in [-0.4, -0.2) is 37.3 Å². The highest BCUT2D eigenvalue weighted by Gasteiger charge is 2.16. The maximum Gasteiger partial charge on any atom is 0.270 e. The molecule has 1 rings (SSSR count). The van der Waals surface area contributed by atoms with Gasteiger partial charge in [0.05, 0.1) is 16.2 Å². The summed E-state index contributed by atoms with van der Waals surface area (Å²) >= 11 is 1.89. The first-order valence-corrected chi connectivity index (χ1v) is 8.59. The van der Waals surface area contributed by atoms with Crippen molar-refractivity contribution in [1.29, 1.82) is 0 Å². The molecule has 0 atom stereocenters. The van der Waals surface area contributed by atoms with Crippen LogP contribution >= 0.6 is 22.6 Å². The highest BCUT2D eigenvalue weighted by atomic mass is 127. The fraction of sp³-hybridized carbons (Fsp3) is 0.364. The van der Waals surface area contributed by atoms with Crippen LogP contribution in [0.1, 0.15) is 17.3 Å².